The molecule has 1 saturated heterocycles. The predicted octanol–water partition coefficient (Wildman–Crippen LogP) is 4.27. The molecule has 1 aliphatic rings. The molecule has 0 saturated carbocycles. The van der Waals surface area contributed by atoms with Gasteiger partial charge in [-0.3, -0.25) is 4.79 Å². The van der Waals surface area contributed by atoms with Crippen LogP contribution >= 0.6 is 11.6 Å². The van der Waals surface area contributed by atoms with Gasteiger partial charge in [0.15, 0.2) is 5.82 Å². The van der Waals surface area contributed by atoms with Crippen molar-refractivity contribution in [1.29, 1.82) is 0 Å². The number of amides is 1. The van der Waals surface area contributed by atoms with Gasteiger partial charge in [-0.2, -0.15) is 20.0 Å². The normalized spacial score (nSPS) is 15.7. The van der Waals surface area contributed by atoms with Crippen molar-refractivity contribution in [3.05, 3.63) is 70.8 Å². The van der Waals surface area contributed by atoms with Gasteiger partial charge in [-0.25, -0.2) is 0 Å². The molecule has 1 atom stereocenters. The minimum Gasteiger partial charge on any atom is -0.496 e. The third-order valence-electron chi connectivity index (χ3n) is 5.66. The molecule has 0 N–H and O–H groups in total. The summed E-state index contributed by atoms with van der Waals surface area (Å²) < 4.78 is 11.0. The number of carbonyl (C=O) groups is 1. The quantitative estimate of drug-likeness (QED) is 0.435. The van der Waals surface area contributed by atoms with Gasteiger partial charge in [0.2, 0.25) is 0 Å². The van der Waals surface area contributed by atoms with Gasteiger partial charge in [0.25, 0.3) is 11.8 Å². The van der Waals surface area contributed by atoms with E-state index in [9.17, 15) is 4.79 Å². The van der Waals surface area contributed by atoms with Crippen LogP contribution in [0.25, 0.3) is 17.1 Å². The third kappa shape index (κ3) is 3.95. The number of hydrogen-bond donors (Lipinski definition) is 0. The number of halogens is 1. The Morgan fingerprint density at radius 1 is 1.18 bits per heavy atom. The third-order valence-corrected chi connectivity index (χ3v) is 5.90. The molecule has 2 aromatic carbocycles. The molecule has 168 valence electrons. The first-order valence-corrected chi connectivity index (χ1v) is 10.9. The van der Waals surface area contributed by atoms with E-state index in [1.54, 1.807) is 42.6 Å². The van der Waals surface area contributed by atoms with E-state index >= 15 is 0 Å². The Labute approximate surface area is 194 Å². The zero-order valence-electron chi connectivity index (χ0n) is 18.1. The van der Waals surface area contributed by atoms with Gasteiger partial charge in [0.05, 0.1) is 42.4 Å². The maximum absolute atomic E-state index is 13.6. The highest BCUT2D eigenvalue weighted by atomic mass is 35.5. The van der Waals surface area contributed by atoms with Crippen LogP contribution in [0.1, 0.15) is 40.6 Å². The molecular weight excluding hydrogens is 444 g/mol. The monoisotopic (exact) mass is 464 g/mol. The SMILES string of the molecule is COc1ccc(C)cc1-c1nc(C2CCCN2C(=O)c2cc(Cl)ccc2-n2nccn2)no1. The van der Waals surface area contributed by atoms with Crippen molar-refractivity contribution in [3.63, 3.8) is 0 Å². The first-order valence-electron chi connectivity index (χ1n) is 10.5. The van der Waals surface area contributed by atoms with E-state index in [-0.39, 0.29) is 11.9 Å². The average Bonchev–Trinajstić information content (AvgIpc) is 3.60. The summed E-state index contributed by atoms with van der Waals surface area (Å²) in [6.45, 7) is 2.55. The maximum Gasteiger partial charge on any atom is 0.261 e. The summed E-state index contributed by atoms with van der Waals surface area (Å²) in [6.07, 6.45) is 4.67. The Balaban J connectivity index is 1.48. The van der Waals surface area contributed by atoms with Crippen molar-refractivity contribution < 1.29 is 14.1 Å². The van der Waals surface area contributed by atoms with E-state index in [2.05, 4.69) is 20.3 Å². The lowest BCUT2D eigenvalue weighted by atomic mass is 10.1. The Kier molecular flexibility index (Phi) is 5.55. The highest BCUT2D eigenvalue weighted by Gasteiger charge is 2.35. The van der Waals surface area contributed by atoms with Gasteiger partial charge in [-0.1, -0.05) is 28.4 Å². The molecular formula is C23H21ClN6O3. The van der Waals surface area contributed by atoms with E-state index in [0.29, 0.717) is 45.8 Å². The van der Waals surface area contributed by atoms with Crippen LogP contribution in [-0.4, -0.2) is 49.6 Å². The van der Waals surface area contributed by atoms with Crippen LogP contribution in [0.5, 0.6) is 5.75 Å². The van der Waals surface area contributed by atoms with Gasteiger partial charge < -0.3 is 14.2 Å². The summed E-state index contributed by atoms with van der Waals surface area (Å²) in [5, 5.41) is 13.0. The molecule has 10 heteroatoms. The largest absolute Gasteiger partial charge is 0.496 e. The van der Waals surface area contributed by atoms with Crippen molar-refractivity contribution >= 4 is 17.5 Å². The lowest BCUT2D eigenvalue weighted by Gasteiger charge is -2.23. The van der Waals surface area contributed by atoms with E-state index in [0.717, 1.165) is 18.4 Å². The minimum absolute atomic E-state index is 0.188. The minimum atomic E-state index is -0.316. The molecule has 0 aliphatic carbocycles. The fourth-order valence-corrected chi connectivity index (χ4v) is 4.27. The van der Waals surface area contributed by atoms with Crippen molar-refractivity contribution in [2.75, 3.05) is 13.7 Å². The topological polar surface area (TPSA) is 99.2 Å². The number of nitrogens with zero attached hydrogens (tertiary/aromatic N) is 6. The molecule has 0 spiro atoms. The highest BCUT2D eigenvalue weighted by molar-refractivity contribution is 6.31. The molecule has 0 bridgehead atoms. The number of methoxy groups -OCH3 is 1. The second-order valence-corrected chi connectivity index (χ2v) is 8.23. The lowest BCUT2D eigenvalue weighted by Crippen LogP contribution is -2.32. The average molecular weight is 465 g/mol. The standard InChI is InChI=1S/C23H21ClN6O3/c1-14-5-8-20(32-2)17(12-14)22-27-21(28-33-22)19-4-3-11-29(19)23(31)16-13-15(24)6-7-18(16)30-25-9-10-26-30/h5-10,12-13,19H,3-4,11H2,1-2H3. The van der Waals surface area contributed by atoms with Gasteiger partial charge in [-0.15, -0.1) is 0 Å². The smallest absolute Gasteiger partial charge is 0.261 e. The Morgan fingerprint density at radius 3 is 2.79 bits per heavy atom. The van der Waals surface area contributed by atoms with E-state index in [1.807, 2.05) is 25.1 Å². The van der Waals surface area contributed by atoms with E-state index in [1.165, 1.54) is 4.80 Å². The molecule has 2 aromatic heterocycles. The van der Waals surface area contributed by atoms with Gasteiger partial charge in [-0.05, 0) is 50.1 Å². The maximum atomic E-state index is 13.6. The molecule has 1 fully saturated rings. The number of benzene rings is 2. The van der Waals surface area contributed by atoms with E-state index in [4.69, 9.17) is 20.9 Å². The fraction of sp³-hybridized carbons (Fsp3) is 0.261. The van der Waals surface area contributed by atoms with Crippen LogP contribution in [-0.2, 0) is 0 Å². The zero-order valence-corrected chi connectivity index (χ0v) is 18.9. The molecule has 1 amide bonds. The number of rotatable bonds is 5. The predicted molar refractivity (Wildman–Crippen MR) is 120 cm³/mol. The van der Waals surface area contributed by atoms with Crippen LogP contribution in [0.15, 0.2) is 53.3 Å². The first kappa shape index (κ1) is 21.1. The number of aryl methyl sites for hydroxylation is 1. The fourth-order valence-electron chi connectivity index (χ4n) is 4.10. The molecule has 1 aliphatic heterocycles. The molecule has 5 rings (SSSR count). The number of likely N-dealkylation sites (tertiary alicyclic amines) is 1. The van der Waals surface area contributed by atoms with Crippen molar-refractivity contribution in [3.8, 4) is 22.9 Å². The highest BCUT2D eigenvalue weighted by Crippen LogP contribution is 2.35. The van der Waals surface area contributed by atoms with Crippen LogP contribution in [0.2, 0.25) is 5.02 Å². The summed E-state index contributed by atoms with van der Waals surface area (Å²) >= 11 is 6.22. The molecule has 33 heavy (non-hydrogen) atoms. The molecule has 9 nitrogen and oxygen atoms in total. The second kappa shape index (κ2) is 8.67. The van der Waals surface area contributed by atoms with Crippen LogP contribution in [0.4, 0.5) is 0 Å². The van der Waals surface area contributed by atoms with Crippen molar-refractivity contribution in [2.24, 2.45) is 0 Å². The van der Waals surface area contributed by atoms with Gasteiger partial charge >= 0.3 is 0 Å². The Bertz CT molecular complexity index is 1300. The summed E-state index contributed by atoms with van der Waals surface area (Å²) in [5.74, 6) is 1.27. The first-order chi connectivity index (χ1) is 16.0. The number of hydrogen-bond acceptors (Lipinski definition) is 7. The van der Waals surface area contributed by atoms with Crippen LogP contribution in [0.3, 0.4) is 0 Å². The van der Waals surface area contributed by atoms with Gasteiger partial charge in [0.1, 0.15) is 5.75 Å². The zero-order chi connectivity index (χ0) is 22.9. The summed E-state index contributed by atoms with van der Waals surface area (Å²) in [4.78, 5) is 21.4. The Morgan fingerprint density at radius 2 is 2.00 bits per heavy atom. The summed E-state index contributed by atoms with van der Waals surface area (Å²) in [5.41, 5.74) is 2.73. The van der Waals surface area contributed by atoms with Crippen LogP contribution < -0.4 is 4.74 Å². The van der Waals surface area contributed by atoms with E-state index < -0.39 is 0 Å². The van der Waals surface area contributed by atoms with Crippen molar-refractivity contribution in [2.45, 2.75) is 25.8 Å². The van der Waals surface area contributed by atoms with Gasteiger partial charge in [0, 0.05) is 11.6 Å². The second-order valence-electron chi connectivity index (χ2n) is 7.80. The number of ether oxygens (including phenoxy) is 1. The summed E-state index contributed by atoms with van der Waals surface area (Å²) in [7, 11) is 1.60. The van der Waals surface area contributed by atoms with Crippen molar-refractivity contribution in [1.82, 2.24) is 30.0 Å². The summed E-state index contributed by atoms with van der Waals surface area (Å²) in [6, 6.07) is 10.5. The number of carbonyl (C=O) groups excluding carboxylic acids is 1. The molecule has 0 radical (unpaired) electrons. The van der Waals surface area contributed by atoms with Crippen LogP contribution in [0, 0.1) is 6.92 Å². The Hall–Kier alpha value is -3.72. The molecule has 3 heterocycles. The lowest BCUT2D eigenvalue weighted by molar-refractivity contribution is 0.0728. The molecule has 1 unspecified atom stereocenters. The molecule has 4 aromatic rings. The number of aromatic nitrogens is 5.